The monoisotopic (exact) mass is 366 g/mol. The molecule has 0 aromatic heterocycles. The van der Waals surface area contributed by atoms with E-state index in [9.17, 15) is 9.59 Å². The number of para-hydroxylation sites is 1. The predicted octanol–water partition coefficient (Wildman–Crippen LogP) is 4.91. The van der Waals surface area contributed by atoms with Crippen LogP contribution in [0.25, 0.3) is 0 Å². The molecule has 0 bridgehead atoms. The van der Waals surface area contributed by atoms with Crippen molar-refractivity contribution in [2.45, 2.75) is 58.9 Å². The summed E-state index contributed by atoms with van der Waals surface area (Å²) in [5.41, 5.74) is 3.10. The number of nitrogens with one attached hydrogen (secondary N) is 2. The Morgan fingerprint density at radius 1 is 0.963 bits per heavy atom. The zero-order valence-corrected chi connectivity index (χ0v) is 16.9. The fourth-order valence-corrected chi connectivity index (χ4v) is 2.74. The highest BCUT2D eigenvalue weighted by atomic mass is 16.2. The molecule has 2 aromatic carbocycles. The summed E-state index contributed by atoms with van der Waals surface area (Å²) in [5, 5.41) is 5.81. The molecule has 2 rings (SSSR count). The maximum atomic E-state index is 12.5. The first-order chi connectivity index (χ1) is 12.7. The summed E-state index contributed by atoms with van der Waals surface area (Å²) in [6.07, 6.45) is 1.04. The van der Waals surface area contributed by atoms with E-state index in [2.05, 4.69) is 48.7 Å². The Balaban J connectivity index is 1.98. The van der Waals surface area contributed by atoms with Gasteiger partial charge in [-0.25, -0.2) is 0 Å². The molecule has 0 atom stereocenters. The van der Waals surface area contributed by atoms with Gasteiger partial charge in [0.05, 0.1) is 11.3 Å². The number of rotatable bonds is 6. The van der Waals surface area contributed by atoms with Crippen LogP contribution in [0.2, 0.25) is 0 Å². The number of anilines is 1. The van der Waals surface area contributed by atoms with E-state index in [1.165, 1.54) is 5.56 Å². The predicted molar refractivity (Wildman–Crippen MR) is 111 cm³/mol. The van der Waals surface area contributed by atoms with Gasteiger partial charge in [-0.05, 0) is 56.4 Å². The van der Waals surface area contributed by atoms with Crippen LogP contribution in [-0.2, 0) is 11.2 Å². The lowest BCUT2D eigenvalue weighted by Crippen LogP contribution is -2.40. The molecule has 0 radical (unpaired) electrons. The van der Waals surface area contributed by atoms with Crippen LogP contribution < -0.4 is 10.6 Å². The van der Waals surface area contributed by atoms with Crippen molar-refractivity contribution in [1.82, 2.24) is 5.32 Å². The number of hydrogen-bond donors (Lipinski definition) is 2. The summed E-state index contributed by atoms with van der Waals surface area (Å²) in [7, 11) is 0. The van der Waals surface area contributed by atoms with Gasteiger partial charge in [0.1, 0.15) is 0 Å². The average Bonchev–Trinajstić information content (AvgIpc) is 2.59. The van der Waals surface area contributed by atoms with Crippen molar-refractivity contribution in [3.05, 3.63) is 65.2 Å². The molecule has 0 saturated heterocycles. The van der Waals surface area contributed by atoms with E-state index in [4.69, 9.17) is 0 Å². The standard InChI is InChI=1S/C23H30N2O2/c1-16(2)18-13-10-17(11-14-18)12-15-21(26)24-20-9-7-6-8-19(20)22(27)25-23(3,4)5/h6-11,13-14,16H,12,15H2,1-5H3,(H,24,26)(H,25,27). The normalized spacial score (nSPS) is 11.3. The largest absolute Gasteiger partial charge is 0.347 e. The maximum Gasteiger partial charge on any atom is 0.253 e. The summed E-state index contributed by atoms with van der Waals surface area (Å²) in [5.74, 6) is 0.208. The van der Waals surface area contributed by atoms with Gasteiger partial charge in [-0.2, -0.15) is 0 Å². The summed E-state index contributed by atoms with van der Waals surface area (Å²) < 4.78 is 0. The Morgan fingerprint density at radius 3 is 2.19 bits per heavy atom. The average molecular weight is 367 g/mol. The molecule has 27 heavy (non-hydrogen) atoms. The van der Waals surface area contributed by atoms with Gasteiger partial charge in [0.2, 0.25) is 5.91 Å². The van der Waals surface area contributed by atoms with E-state index < -0.39 is 0 Å². The van der Waals surface area contributed by atoms with E-state index in [0.29, 0.717) is 30.0 Å². The Hall–Kier alpha value is -2.62. The first kappa shape index (κ1) is 20.7. The molecule has 2 N–H and O–H groups in total. The van der Waals surface area contributed by atoms with Crippen molar-refractivity contribution in [2.75, 3.05) is 5.32 Å². The van der Waals surface area contributed by atoms with Crippen molar-refractivity contribution < 1.29 is 9.59 Å². The summed E-state index contributed by atoms with van der Waals surface area (Å²) >= 11 is 0. The Bertz CT molecular complexity index is 787. The summed E-state index contributed by atoms with van der Waals surface area (Å²) in [4.78, 5) is 24.8. The Kier molecular flexibility index (Phi) is 6.78. The third-order valence-corrected chi connectivity index (χ3v) is 4.22. The highest BCUT2D eigenvalue weighted by Gasteiger charge is 2.18. The second kappa shape index (κ2) is 8.85. The molecule has 0 fully saturated rings. The maximum absolute atomic E-state index is 12.5. The van der Waals surface area contributed by atoms with Crippen LogP contribution in [0.5, 0.6) is 0 Å². The van der Waals surface area contributed by atoms with E-state index in [1.54, 1.807) is 18.2 Å². The second-order valence-electron chi connectivity index (χ2n) is 8.19. The van der Waals surface area contributed by atoms with Crippen LogP contribution in [0.15, 0.2) is 48.5 Å². The lowest BCUT2D eigenvalue weighted by molar-refractivity contribution is -0.116. The minimum absolute atomic E-state index is 0.0982. The quantitative estimate of drug-likeness (QED) is 0.763. The van der Waals surface area contributed by atoms with E-state index in [1.807, 2.05) is 26.8 Å². The van der Waals surface area contributed by atoms with Gasteiger partial charge in [0.15, 0.2) is 0 Å². The fraction of sp³-hybridized carbons (Fsp3) is 0.391. The van der Waals surface area contributed by atoms with Gasteiger partial charge >= 0.3 is 0 Å². The van der Waals surface area contributed by atoms with Crippen LogP contribution in [0, 0.1) is 0 Å². The third-order valence-electron chi connectivity index (χ3n) is 4.22. The third kappa shape index (κ3) is 6.55. The van der Waals surface area contributed by atoms with E-state index >= 15 is 0 Å². The molecule has 4 nitrogen and oxygen atoms in total. The highest BCUT2D eigenvalue weighted by molar-refractivity contribution is 6.04. The minimum atomic E-state index is -0.337. The molecule has 0 aliphatic heterocycles. The van der Waals surface area contributed by atoms with Crippen molar-refractivity contribution in [3.8, 4) is 0 Å². The molecule has 0 saturated carbocycles. The molecule has 0 heterocycles. The number of carbonyl (C=O) groups excluding carboxylic acids is 2. The number of hydrogen-bond acceptors (Lipinski definition) is 2. The van der Waals surface area contributed by atoms with Gasteiger partial charge < -0.3 is 10.6 Å². The summed E-state index contributed by atoms with van der Waals surface area (Å²) in [6.45, 7) is 10.1. The highest BCUT2D eigenvalue weighted by Crippen LogP contribution is 2.18. The lowest BCUT2D eigenvalue weighted by Gasteiger charge is -2.21. The smallest absolute Gasteiger partial charge is 0.253 e. The van der Waals surface area contributed by atoms with Gasteiger partial charge in [-0.3, -0.25) is 9.59 Å². The molecular formula is C23H30N2O2. The molecule has 0 unspecified atom stereocenters. The van der Waals surface area contributed by atoms with Crippen molar-refractivity contribution in [3.63, 3.8) is 0 Å². The number of amides is 2. The summed E-state index contributed by atoms with van der Waals surface area (Å²) in [6, 6.07) is 15.5. The number of aryl methyl sites for hydroxylation is 1. The molecular weight excluding hydrogens is 336 g/mol. The van der Waals surface area contributed by atoms with Gasteiger partial charge in [-0.15, -0.1) is 0 Å². The molecule has 2 amide bonds. The number of benzene rings is 2. The Labute approximate surface area is 162 Å². The SMILES string of the molecule is CC(C)c1ccc(CCC(=O)Nc2ccccc2C(=O)NC(C)(C)C)cc1. The zero-order chi connectivity index (χ0) is 20.0. The van der Waals surface area contributed by atoms with Gasteiger partial charge in [0.25, 0.3) is 5.91 Å². The molecule has 0 aliphatic carbocycles. The van der Waals surface area contributed by atoms with Crippen LogP contribution in [0.4, 0.5) is 5.69 Å². The van der Waals surface area contributed by atoms with Crippen LogP contribution >= 0.6 is 0 Å². The topological polar surface area (TPSA) is 58.2 Å². The molecule has 2 aromatic rings. The van der Waals surface area contributed by atoms with Crippen LogP contribution in [0.1, 0.15) is 68.4 Å². The zero-order valence-electron chi connectivity index (χ0n) is 16.9. The lowest BCUT2D eigenvalue weighted by atomic mass is 10.0. The van der Waals surface area contributed by atoms with Crippen molar-refractivity contribution >= 4 is 17.5 Å². The molecule has 0 spiro atoms. The first-order valence-electron chi connectivity index (χ1n) is 9.46. The Morgan fingerprint density at radius 2 is 1.59 bits per heavy atom. The fourth-order valence-electron chi connectivity index (χ4n) is 2.74. The molecule has 4 heteroatoms. The minimum Gasteiger partial charge on any atom is -0.347 e. The second-order valence-corrected chi connectivity index (χ2v) is 8.19. The van der Waals surface area contributed by atoms with Crippen molar-refractivity contribution in [2.24, 2.45) is 0 Å². The first-order valence-corrected chi connectivity index (χ1v) is 9.46. The number of carbonyl (C=O) groups is 2. The molecule has 0 aliphatic rings. The van der Waals surface area contributed by atoms with Crippen LogP contribution in [-0.4, -0.2) is 17.4 Å². The molecule has 144 valence electrons. The van der Waals surface area contributed by atoms with Gasteiger partial charge in [0, 0.05) is 12.0 Å². The van der Waals surface area contributed by atoms with Crippen molar-refractivity contribution in [1.29, 1.82) is 0 Å². The van der Waals surface area contributed by atoms with Crippen LogP contribution in [0.3, 0.4) is 0 Å². The van der Waals surface area contributed by atoms with E-state index in [-0.39, 0.29) is 17.4 Å². The van der Waals surface area contributed by atoms with Gasteiger partial charge in [-0.1, -0.05) is 50.2 Å². The van der Waals surface area contributed by atoms with E-state index in [0.717, 1.165) is 5.56 Å².